The molecule has 1 fully saturated rings. The first-order valence-electron chi connectivity index (χ1n) is 6.12. The summed E-state index contributed by atoms with van der Waals surface area (Å²) in [5.74, 6) is 0.512. The van der Waals surface area contributed by atoms with Crippen LogP contribution in [0.2, 0.25) is 0 Å². The summed E-state index contributed by atoms with van der Waals surface area (Å²) in [5, 5.41) is 3.38. The van der Waals surface area contributed by atoms with Crippen LogP contribution < -0.4 is 5.32 Å². The van der Waals surface area contributed by atoms with Crippen LogP contribution in [-0.2, 0) is 10.0 Å². The Hall–Kier alpha value is -0.130. The van der Waals surface area contributed by atoms with Crippen molar-refractivity contribution in [3.8, 4) is 0 Å². The second kappa shape index (κ2) is 5.98. The summed E-state index contributed by atoms with van der Waals surface area (Å²) in [6.45, 7) is 6.65. The highest BCUT2D eigenvalue weighted by Crippen LogP contribution is 2.22. The van der Waals surface area contributed by atoms with E-state index in [0.717, 1.165) is 25.8 Å². The predicted octanol–water partition coefficient (Wildman–Crippen LogP) is 1.05. The van der Waals surface area contributed by atoms with Gasteiger partial charge in [-0.3, -0.25) is 0 Å². The van der Waals surface area contributed by atoms with Crippen molar-refractivity contribution in [2.24, 2.45) is 5.92 Å². The third-order valence-electron chi connectivity index (χ3n) is 3.19. The second-order valence-corrected chi connectivity index (χ2v) is 6.81. The number of hydrogen-bond acceptors (Lipinski definition) is 3. The van der Waals surface area contributed by atoms with Gasteiger partial charge < -0.3 is 5.32 Å². The average molecular weight is 248 g/mol. The number of piperidine rings is 1. The van der Waals surface area contributed by atoms with Gasteiger partial charge in [-0.05, 0) is 38.6 Å². The summed E-state index contributed by atoms with van der Waals surface area (Å²) in [6, 6.07) is 0.481. The lowest BCUT2D eigenvalue weighted by Gasteiger charge is -2.32. The Balaban J connectivity index is 2.45. The molecule has 1 saturated heterocycles. The number of hydrogen-bond donors (Lipinski definition) is 1. The van der Waals surface area contributed by atoms with Crippen LogP contribution >= 0.6 is 0 Å². The maximum absolute atomic E-state index is 11.5. The highest BCUT2D eigenvalue weighted by atomic mass is 32.2. The van der Waals surface area contributed by atoms with Crippen LogP contribution in [0.15, 0.2) is 0 Å². The minimum Gasteiger partial charge on any atom is -0.315 e. The number of nitrogens with one attached hydrogen (secondary N) is 1. The first-order chi connectivity index (χ1) is 7.43. The molecule has 1 rings (SSSR count). The van der Waals surface area contributed by atoms with Crippen molar-refractivity contribution in [1.82, 2.24) is 9.62 Å². The molecule has 0 amide bonds. The van der Waals surface area contributed by atoms with Crippen molar-refractivity contribution in [3.05, 3.63) is 0 Å². The molecule has 4 nitrogen and oxygen atoms in total. The van der Waals surface area contributed by atoms with Crippen molar-refractivity contribution in [1.29, 1.82) is 0 Å². The molecule has 0 aromatic rings. The van der Waals surface area contributed by atoms with Crippen LogP contribution in [0, 0.1) is 5.92 Å². The van der Waals surface area contributed by atoms with E-state index in [9.17, 15) is 8.42 Å². The normalized spacial score (nSPS) is 25.6. The molecule has 1 aliphatic rings. The first-order valence-corrected chi connectivity index (χ1v) is 7.96. The maximum atomic E-state index is 11.5. The van der Waals surface area contributed by atoms with Crippen LogP contribution in [0.1, 0.15) is 33.1 Å². The van der Waals surface area contributed by atoms with E-state index in [4.69, 9.17) is 0 Å². The zero-order chi connectivity index (χ0) is 12.2. The van der Waals surface area contributed by atoms with Gasteiger partial charge in [0.2, 0.25) is 10.0 Å². The highest BCUT2D eigenvalue weighted by molar-refractivity contribution is 7.88. The Kier molecular flexibility index (Phi) is 5.21. The zero-order valence-corrected chi connectivity index (χ0v) is 11.4. The molecule has 0 aromatic carbocycles. The zero-order valence-electron chi connectivity index (χ0n) is 10.6. The molecule has 0 radical (unpaired) electrons. The molecule has 5 heteroatoms. The quantitative estimate of drug-likeness (QED) is 0.791. The summed E-state index contributed by atoms with van der Waals surface area (Å²) >= 11 is 0. The largest absolute Gasteiger partial charge is 0.315 e. The van der Waals surface area contributed by atoms with E-state index < -0.39 is 10.0 Å². The van der Waals surface area contributed by atoms with Crippen LogP contribution in [0.4, 0.5) is 0 Å². The lowest BCUT2D eigenvalue weighted by molar-refractivity contribution is 0.242. The minimum atomic E-state index is -2.99. The molecule has 0 saturated carbocycles. The van der Waals surface area contributed by atoms with Gasteiger partial charge in [0, 0.05) is 19.1 Å². The second-order valence-electron chi connectivity index (χ2n) is 4.82. The molecule has 96 valence electrons. The summed E-state index contributed by atoms with van der Waals surface area (Å²) in [5.41, 5.74) is 0. The van der Waals surface area contributed by atoms with Gasteiger partial charge in [-0.15, -0.1) is 0 Å². The van der Waals surface area contributed by atoms with Crippen molar-refractivity contribution in [2.45, 2.75) is 39.2 Å². The van der Waals surface area contributed by atoms with Crippen molar-refractivity contribution in [3.63, 3.8) is 0 Å². The smallest absolute Gasteiger partial charge is 0.211 e. The number of rotatable bonds is 5. The van der Waals surface area contributed by atoms with E-state index in [-0.39, 0.29) is 0 Å². The lowest BCUT2D eigenvalue weighted by atomic mass is 9.93. The monoisotopic (exact) mass is 248 g/mol. The van der Waals surface area contributed by atoms with Crippen LogP contribution in [0.5, 0.6) is 0 Å². The molecular formula is C11H24N2O2S. The standard InChI is InChI=1S/C11H24N2O2S/c1-4-12-10(2)8-11-6-5-7-13(9-11)16(3,14)15/h10-12H,4-9H2,1-3H3. The van der Waals surface area contributed by atoms with Gasteiger partial charge in [0.05, 0.1) is 6.26 Å². The molecule has 1 N–H and O–H groups in total. The molecule has 0 aliphatic carbocycles. The molecule has 16 heavy (non-hydrogen) atoms. The number of sulfonamides is 1. The van der Waals surface area contributed by atoms with Gasteiger partial charge in [0.25, 0.3) is 0 Å². The van der Waals surface area contributed by atoms with Crippen molar-refractivity contribution < 1.29 is 8.42 Å². The van der Waals surface area contributed by atoms with Gasteiger partial charge in [-0.1, -0.05) is 6.92 Å². The average Bonchev–Trinajstić information content (AvgIpc) is 2.17. The fourth-order valence-electron chi connectivity index (χ4n) is 2.45. The lowest BCUT2D eigenvalue weighted by Crippen LogP contribution is -2.41. The highest BCUT2D eigenvalue weighted by Gasteiger charge is 2.26. The topological polar surface area (TPSA) is 49.4 Å². The summed E-state index contributed by atoms with van der Waals surface area (Å²) in [6.07, 6.45) is 4.53. The van der Waals surface area contributed by atoms with Gasteiger partial charge in [0.1, 0.15) is 0 Å². The Morgan fingerprint density at radius 2 is 2.19 bits per heavy atom. The SMILES string of the molecule is CCNC(C)CC1CCCN(S(C)(=O)=O)C1. The molecule has 2 unspecified atom stereocenters. The van der Waals surface area contributed by atoms with Gasteiger partial charge in [-0.25, -0.2) is 12.7 Å². The summed E-state index contributed by atoms with van der Waals surface area (Å²) in [7, 11) is -2.99. The molecule has 0 spiro atoms. The van der Waals surface area contributed by atoms with E-state index in [2.05, 4.69) is 19.2 Å². The van der Waals surface area contributed by atoms with Gasteiger partial charge >= 0.3 is 0 Å². The predicted molar refractivity (Wildman–Crippen MR) is 66.9 cm³/mol. The van der Waals surface area contributed by atoms with Crippen LogP contribution in [0.25, 0.3) is 0 Å². The Morgan fingerprint density at radius 1 is 1.50 bits per heavy atom. The van der Waals surface area contributed by atoms with Crippen molar-refractivity contribution in [2.75, 3.05) is 25.9 Å². The molecule has 0 aromatic heterocycles. The number of nitrogens with zero attached hydrogens (tertiary/aromatic N) is 1. The Bertz CT molecular complexity index is 303. The Labute approximate surface area is 99.5 Å². The Morgan fingerprint density at radius 3 is 2.75 bits per heavy atom. The fourth-order valence-corrected chi connectivity index (χ4v) is 3.39. The molecular weight excluding hydrogens is 224 g/mol. The summed E-state index contributed by atoms with van der Waals surface area (Å²) in [4.78, 5) is 0. The first kappa shape index (κ1) is 13.9. The van der Waals surface area contributed by atoms with E-state index in [1.54, 1.807) is 4.31 Å². The fraction of sp³-hybridized carbons (Fsp3) is 1.00. The van der Waals surface area contributed by atoms with E-state index in [0.29, 0.717) is 25.0 Å². The molecule has 1 heterocycles. The van der Waals surface area contributed by atoms with E-state index >= 15 is 0 Å². The van der Waals surface area contributed by atoms with Gasteiger partial charge in [-0.2, -0.15) is 0 Å². The third kappa shape index (κ3) is 4.39. The minimum absolute atomic E-state index is 0.481. The van der Waals surface area contributed by atoms with Crippen LogP contribution in [0.3, 0.4) is 0 Å². The maximum Gasteiger partial charge on any atom is 0.211 e. The van der Waals surface area contributed by atoms with E-state index in [1.807, 2.05) is 0 Å². The van der Waals surface area contributed by atoms with Crippen LogP contribution in [-0.4, -0.2) is 44.7 Å². The third-order valence-corrected chi connectivity index (χ3v) is 4.46. The molecule has 0 bridgehead atoms. The summed E-state index contributed by atoms with van der Waals surface area (Å²) < 4.78 is 24.5. The van der Waals surface area contributed by atoms with Crippen molar-refractivity contribution >= 4 is 10.0 Å². The molecule has 1 aliphatic heterocycles. The molecule has 2 atom stereocenters. The van der Waals surface area contributed by atoms with E-state index in [1.165, 1.54) is 6.26 Å². The van der Waals surface area contributed by atoms with Gasteiger partial charge in [0.15, 0.2) is 0 Å².